The van der Waals surface area contributed by atoms with Crippen molar-refractivity contribution in [2.45, 2.75) is 19.8 Å². The van der Waals surface area contributed by atoms with Gasteiger partial charge in [-0.15, -0.1) is 0 Å². The Hall–Kier alpha value is -2.48. The van der Waals surface area contributed by atoms with Crippen molar-refractivity contribution in [1.82, 2.24) is 19.9 Å². The number of aliphatic hydroxyl groups excluding tert-OH is 3. The summed E-state index contributed by atoms with van der Waals surface area (Å²) in [5.74, 6) is 1.28. The lowest BCUT2D eigenvalue weighted by molar-refractivity contribution is 0.255. The van der Waals surface area contributed by atoms with E-state index in [1.54, 1.807) is 12.4 Å². The van der Waals surface area contributed by atoms with Gasteiger partial charge in [0.2, 0.25) is 0 Å². The van der Waals surface area contributed by atoms with Crippen molar-refractivity contribution in [1.29, 1.82) is 0 Å². The van der Waals surface area contributed by atoms with Crippen LogP contribution in [0.2, 0.25) is 0 Å². The summed E-state index contributed by atoms with van der Waals surface area (Å²) in [4.78, 5) is 13.6. The van der Waals surface area contributed by atoms with Crippen molar-refractivity contribution >= 4 is 0 Å². The van der Waals surface area contributed by atoms with Gasteiger partial charge in [0.15, 0.2) is 0 Å². The van der Waals surface area contributed by atoms with Crippen LogP contribution >= 0.6 is 0 Å². The lowest BCUT2D eigenvalue weighted by Crippen LogP contribution is -1.91. The first-order valence-corrected chi connectivity index (χ1v) is 6.72. The van der Waals surface area contributed by atoms with E-state index in [0.717, 1.165) is 5.56 Å². The molecule has 0 radical (unpaired) electrons. The highest BCUT2D eigenvalue weighted by Gasteiger charge is 2.09. The molecule has 0 saturated carbocycles. The van der Waals surface area contributed by atoms with E-state index < -0.39 is 0 Å². The van der Waals surface area contributed by atoms with Crippen LogP contribution in [-0.2, 0) is 19.8 Å². The normalized spacial score (nSPS) is 10.1. The molecule has 7 nitrogen and oxygen atoms in total. The van der Waals surface area contributed by atoms with Crippen molar-refractivity contribution < 1.29 is 15.3 Å². The molecule has 0 atom stereocenters. The topological polar surface area (TPSA) is 118 Å². The summed E-state index contributed by atoms with van der Waals surface area (Å²) < 4.78 is 0. The van der Waals surface area contributed by atoms with E-state index in [2.05, 4.69) is 19.9 Å². The monoisotopic (exact) mass is 302 g/mol. The van der Waals surface area contributed by atoms with Crippen molar-refractivity contribution in [3.63, 3.8) is 0 Å². The van der Waals surface area contributed by atoms with Crippen LogP contribution in [0.3, 0.4) is 0 Å². The summed E-state index contributed by atoms with van der Waals surface area (Å²) >= 11 is 0. The molecular formula is C15H18N4O3. The summed E-state index contributed by atoms with van der Waals surface area (Å²) in [7, 11) is 0. The zero-order valence-corrected chi connectivity index (χ0v) is 11.9. The predicted molar refractivity (Wildman–Crippen MR) is 80.4 cm³/mol. The molecule has 3 rings (SSSR count). The molecule has 7 heteroatoms. The van der Waals surface area contributed by atoms with Gasteiger partial charge in [0.25, 0.3) is 0 Å². The molecule has 0 aliphatic rings. The van der Waals surface area contributed by atoms with Crippen LogP contribution in [0.5, 0.6) is 0 Å². The number of aromatic nitrogens is 4. The number of H-pyrrole nitrogens is 2. The fraction of sp³-hybridized carbons (Fsp3) is 0.200. The molecule has 0 bridgehead atoms. The minimum absolute atomic E-state index is 0.00694. The molecule has 0 aliphatic carbocycles. The first kappa shape index (κ1) is 15.9. The van der Waals surface area contributed by atoms with E-state index in [0.29, 0.717) is 23.0 Å². The highest BCUT2D eigenvalue weighted by molar-refractivity contribution is 5.55. The van der Waals surface area contributed by atoms with Crippen LogP contribution in [0.15, 0.2) is 42.7 Å². The van der Waals surface area contributed by atoms with E-state index in [1.807, 2.05) is 30.3 Å². The maximum atomic E-state index is 9.03. The van der Waals surface area contributed by atoms with Gasteiger partial charge in [-0.3, -0.25) is 0 Å². The van der Waals surface area contributed by atoms with Gasteiger partial charge in [0.1, 0.15) is 18.3 Å². The van der Waals surface area contributed by atoms with Gasteiger partial charge in [-0.05, 0) is 0 Å². The smallest absolute Gasteiger partial charge is 0.137 e. The van der Waals surface area contributed by atoms with Gasteiger partial charge in [-0.2, -0.15) is 0 Å². The molecule has 5 N–H and O–H groups in total. The standard InChI is InChI=1S/C11H12N2O2.C4H6N2O/c14-6-9-10(7-15)13-11(12-9)8-4-2-1-3-5-8;7-3-4-5-1-2-6-4/h1-5,14-15H,6-7H2,(H,12,13);1-2,7H,3H2,(H,5,6). The van der Waals surface area contributed by atoms with E-state index >= 15 is 0 Å². The maximum absolute atomic E-state index is 9.03. The number of aromatic amines is 2. The first-order chi connectivity index (χ1) is 10.8. The summed E-state index contributed by atoms with van der Waals surface area (Å²) in [6.07, 6.45) is 3.27. The fourth-order valence-electron chi connectivity index (χ4n) is 1.82. The Morgan fingerprint density at radius 3 is 2.18 bits per heavy atom. The van der Waals surface area contributed by atoms with Crippen LogP contribution in [-0.4, -0.2) is 35.3 Å². The lowest BCUT2D eigenvalue weighted by Gasteiger charge is -1.94. The molecule has 0 saturated heterocycles. The Morgan fingerprint density at radius 2 is 1.73 bits per heavy atom. The third kappa shape index (κ3) is 4.01. The van der Waals surface area contributed by atoms with E-state index in [-0.39, 0.29) is 19.8 Å². The third-order valence-corrected chi connectivity index (χ3v) is 2.92. The second-order valence-electron chi connectivity index (χ2n) is 4.39. The van der Waals surface area contributed by atoms with Crippen LogP contribution in [0.4, 0.5) is 0 Å². The Balaban J connectivity index is 0.000000211. The zero-order chi connectivity index (χ0) is 15.8. The van der Waals surface area contributed by atoms with E-state index in [9.17, 15) is 0 Å². The largest absolute Gasteiger partial charge is 0.390 e. The van der Waals surface area contributed by atoms with Crippen LogP contribution in [0.1, 0.15) is 17.2 Å². The second kappa shape index (κ2) is 8.08. The van der Waals surface area contributed by atoms with Crippen LogP contribution in [0, 0.1) is 0 Å². The molecule has 1 aromatic carbocycles. The number of benzene rings is 1. The van der Waals surface area contributed by atoms with Gasteiger partial charge in [0, 0.05) is 18.0 Å². The number of aliphatic hydroxyl groups is 3. The van der Waals surface area contributed by atoms with E-state index in [4.69, 9.17) is 15.3 Å². The Labute approximate surface area is 127 Å². The number of nitrogens with one attached hydrogen (secondary N) is 2. The average molecular weight is 302 g/mol. The summed E-state index contributed by atoms with van der Waals surface area (Å²) in [6.45, 7) is -0.318. The molecule has 2 aromatic heterocycles. The molecule has 2 heterocycles. The molecule has 0 unspecified atom stereocenters. The van der Waals surface area contributed by atoms with Crippen molar-refractivity contribution in [2.75, 3.05) is 0 Å². The molecular weight excluding hydrogens is 284 g/mol. The number of imidazole rings is 2. The minimum atomic E-state index is -0.167. The molecule has 0 aliphatic heterocycles. The molecule has 116 valence electrons. The maximum Gasteiger partial charge on any atom is 0.137 e. The summed E-state index contributed by atoms with van der Waals surface area (Å²) in [5.41, 5.74) is 2.00. The predicted octanol–water partition coefficient (Wildman–Crippen LogP) is 0.963. The molecule has 22 heavy (non-hydrogen) atoms. The highest BCUT2D eigenvalue weighted by atomic mass is 16.3. The van der Waals surface area contributed by atoms with Crippen molar-refractivity contribution in [3.05, 3.63) is 59.9 Å². The summed E-state index contributed by atoms with van der Waals surface area (Å²) in [6, 6.07) is 9.58. The van der Waals surface area contributed by atoms with Crippen molar-refractivity contribution in [2.24, 2.45) is 0 Å². The van der Waals surface area contributed by atoms with Gasteiger partial charge in [-0.1, -0.05) is 30.3 Å². The zero-order valence-electron chi connectivity index (χ0n) is 11.9. The fourth-order valence-corrected chi connectivity index (χ4v) is 1.82. The van der Waals surface area contributed by atoms with E-state index in [1.165, 1.54) is 0 Å². The highest BCUT2D eigenvalue weighted by Crippen LogP contribution is 2.17. The van der Waals surface area contributed by atoms with Gasteiger partial charge >= 0.3 is 0 Å². The number of hydrogen-bond donors (Lipinski definition) is 5. The Morgan fingerprint density at radius 1 is 0.955 bits per heavy atom. The average Bonchev–Trinajstić information content (AvgIpc) is 3.25. The van der Waals surface area contributed by atoms with Gasteiger partial charge < -0.3 is 25.3 Å². The molecule has 0 amide bonds. The third-order valence-electron chi connectivity index (χ3n) is 2.92. The molecule has 0 fully saturated rings. The summed E-state index contributed by atoms with van der Waals surface area (Å²) in [5, 5.41) is 26.4. The van der Waals surface area contributed by atoms with Crippen LogP contribution < -0.4 is 0 Å². The SMILES string of the molecule is OCc1nc(-c2ccccc2)[nH]c1CO.OCc1ncc[nH]1. The number of nitrogens with zero attached hydrogens (tertiary/aromatic N) is 2. The first-order valence-electron chi connectivity index (χ1n) is 6.72. The molecule has 3 aromatic rings. The van der Waals surface area contributed by atoms with Crippen LogP contribution in [0.25, 0.3) is 11.4 Å². The number of rotatable bonds is 4. The molecule has 0 spiro atoms. The Kier molecular flexibility index (Phi) is 5.84. The lowest BCUT2D eigenvalue weighted by atomic mass is 10.2. The minimum Gasteiger partial charge on any atom is -0.390 e. The number of hydrogen-bond acceptors (Lipinski definition) is 5. The quantitative estimate of drug-likeness (QED) is 0.492. The van der Waals surface area contributed by atoms with Gasteiger partial charge in [0.05, 0.1) is 24.6 Å². The van der Waals surface area contributed by atoms with Gasteiger partial charge in [-0.25, -0.2) is 9.97 Å². The second-order valence-corrected chi connectivity index (χ2v) is 4.39. The Bertz CT molecular complexity index is 644. The van der Waals surface area contributed by atoms with Crippen molar-refractivity contribution in [3.8, 4) is 11.4 Å².